The molecular weight excluding hydrogens is 757 g/mol. The van der Waals surface area contributed by atoms with Gasteiger partial charge in [0, 0.05) is 31.0 Å². The number of hydrogen-bond donors (Lipinski definition) is 2. The highest BCUT2D eigenvalue weighted by atomic mass is 16.2. The van der Waals surface area contributed by atoms with Gasteiger partial charge >= 0.3 is 0 Å². The van der Waals surface area contributed by atoms with Gasteiger partial charge in [0.15, 0.2) is 0 Å². The van der Waals surface area contributed by atoms with Crippen LogP contribution >= 0.6 is 0 Å². The zero-order valence-corrected chi connectivity index (χ0v) is 38.8. The Morgan fingerprint density at radius 1 is 0.639 bits per heavy atom. The summed E-state index contributed by atoms with van der Waals surface area (Å²) >= 11 is 0. The van der Waals surface area contributed by atoms with Crippen molar-refractivity contribution in [3.05, 3.63) is 106 Å². The molecule has 8 nitrogen and oxygen atoms in total. The monoisotopic (exact) mass is 829 g/mol. The molecule has 328 valence electrons. The van der Waals surface area contributed by atoms with Crippen LogP contribution in [0.3, 0.4) is 0 Å². The summed E-state index contributed by atoms with van der Waals surface area (Å²) in [6.07, 6.45) is 3.53. The van der Waals surface area contributed by atoms with Gasteiger partial charge in [0.2, 0.25) is 23.6 Å². The number of nitrogens with zero attached hydrogens (tertiary/aromatic N) is 2. The van der Waals surface area contributed by atoms with E-state index in [4.69, 9.17) is 0 Å². The second-order valence-electron chi connectivity index (χ2n) is 22.0. The highest BCUT2D eigenvalue weighted by Gasteiger charge is 2.51. The summed E-state index contributed by atoms with van der Waals surface area (Å²) in [5, 5.41) is 6.54. The maximum Gasteiger partial charge on any atom is 0.243 e. The third kappa shape index (κ3) is 10.1. The second kappa shape index (κ2) is 17.4. The predicted molar refractivity (Wildman–Crippen MR) is 244 cm³/mol. The molecule has 7 rings (SSSR count). The Balaban J connectivity index is 1.02. The molecule has 4 fully saturated rings. The van der Waals surface area contributed by atoms with E-state index in [-0.39, 0.29) is 88.0 Å². The number of rotatable bonds is 12. The van der Waals surface area contributed by atoms with Crippen LogP contribution in [0.15, 0.2) is 72.8 Å². The second-order valence-corrected chi connectivity index (χ2v) is 22.0. The van der Waals surface area contributed by atoms with Crippen molar-refractivity contribution < 1.29 is 19.2 Å². The van der Waals surface area contributed by atoms with E-state index in [1.54, 1.807) is 0 Å². The van der Waals surface area contributed by atoms with Crippen LogP contribution < -0.4 is 10.6 Å². The first-order valence-corrected chi connectivity index (χ1v) is 23.2. The van der Waals surface area contributed by atoms with Gasteiger partial charge < -0.3 is 20.4 Å². The Kier molecular flexibility index (Phi) is 12.7. The van der Waals surface area contributed by atoms with E-state index in [1.807, 2.05) is 21.9 Å². The van der Waals surface area contributed by atoms with Gasteiger partial charge in [0.05, 0.1) is 6.04 Å². The maximum atomic E-state index is 14.3. The minimum Gasteiger partial charge on any atom is -0.350 e. The average molecular weight is 829 g/mol. The Labute approximate surface area is 366 Å². The van der Waals surface area contributed by atoms with Gasteiger partial charge in [-0.2, -0.15) is 0 Å². The predicted octanol–water partition coefficient (Wildman–Crippen LogP) is 9.22. The fraction of sp³-hybridized carbons (Fsp3) is 0.585. The van der Waals surface area contributed by atoms with Crippen LogP contribution in [0, 0.1) is 29.6 Å². The molecule has 2 saturated heterocycles. The number of nitrogens with one attached hydrogen (secondary N) is 2. The molecule has 8 heteroatoms. The van der Waals surface area contributed by atoms with Crippen molar-refractivity contribution in [1.29, 1.82) is 0 Å². The Bertz CT molecular complexity index is 2080. The largest absolute Gasteiger partial charge is 0.350 e. The summed E-state index contributed by atoms with van der Waals surface area (Å²) in [5.41, 5.74) is 7.18. The fourth-order valence-corrected chi connectivity index (χ4v) is 9.92. The first kappa shape index (κ1) is 44.6. The molecule has 0 radical (unpaired) electrons. The van der Waals surface area contributed by atoms with E-state index in [0.29, 0.717) is 25.9 Å². The number of hydrogen-bond acceptors (Lipinski definition) is 4. The molecule has 0 spiro atoms. The molecule has 3 aromatic carbocycles. The molecule has 3 aromatic rings. The maximum absolute atomic E-state index is 14.3. The van der Waals surface area contributed by atoms with Crippen molar-refractivity contribution in [3.63, 3.8) is 0 Å². The van der Waals surface area contributed by atoms with Gasteiger partial charge in [-0.15, -0.1) is 0 Å². The quantitative estimate of drug-likeness (QED) is 0.190. The lowest BCUT2D eigenvalue weighted by Gasteiger charge is -2.42. The first-order valence-electron chi connectivity index (χ1n) is 23.2. The number of carbonyl (C=O) groups excluding carboxylic acids is 4. The van der Waals surface area contributed by atoms with Crippen LogP contribution in [0.4, 0.5) is 0 Å². The molecule has 2 saturated carbocycles. The van der Waals surface area contributed by atoms with Crippen LogP contribution in [0.5, 0.6) is 0 Å². The minimum absolute atomic E-state index is 0.0592. The lowest BCUT2D eigenvalue weighted by atomic mass is 9.86. The number of carbonyl (C=O) groups is 4. The lowest BCUT2D eigenvalue weighted by Crippen LogP contribution is -2.63. The summed E-state index contributed by atoms with van der Waals surface area (Å²) in [6.45, 7) is 24.8. The van der Waals surface area contributed by atoms with E-state index in [9.17, 15) is 19.2 Å². The molecule has 2 heterocycles. The van der Waals surface area contributed by atoms with Gasteiger partial charge in [0.1, 0.15) is 12.1 Å². The normalized spacial score (nSPS) is 27.2. The zero-order valence-electron chi connectivity index (χ0n) is 38.8. The van der Waals surface area contributed by atoms with Crippen molar-refractivity contribution in [2.45, 2.75) is 155 Å². The Hall–Kier alpha value is -4.46. The van der Waals surface area contributed by atoms with Crippen molar-refractivity contribution in [1.82, 2.24) is 20.4 Å². The Morgan fingerprint density at radius 2 is 1.13 bits per heavy atom. The fourth-order valence-electron chi connectivity index (χ4n) is 9.92. The summed E-state index contributed by atoms with van der Waals surface area (Å²) in [5.74, 6) is 0.775. The number of piperazine rings is 2. The van der Waals surface area contributed by atoms with Gasteiger partial charge in [-0.05, 0) is 106 Å². The van der Waals surface area contributed by atoms with E-state index >= 15 is 0 Å². The molecule has 9 atom stereocenters. The molecule has 61 heavy (non-hydrogen) atoms. The van der Waals surface area contributed by atoms with Crippen LogP contribution in [-0.2, 0) is 36.4 Å². The van der Waals surface area contributed by atoms with Crippen LogP contribution in [0.2, 0.25) is 0 Å². The van der Waals surface area contributed by atoms with E-state index in [1.165, 1.54) is 22.3 Å². The molecular formula is C53H72N4O4. The topological polar surface area (TPSA) is 98.8 Å². The van der Waals surface area contributed by atoms with Crippen molar-refractivity contribution in [2.24, 2.45) is 29.6 Å². The molecule has 1 unspecified atom stereocenters. The summed E-state index contributed by atoms with van der Waals surface area (Å²) in [6, 6.07) is 24.4. The van der Waals surface area contributed by atoms with Gasteiger partial charge in [-0.25, -0.2) is 0 Å². The third-order valence-corrected chi connectivity index (χ3v) is 14.0. The van der Waals surface area contributed by atoms with E-state index in [2.05, 4.69) is 147 Å². The molecule has 4 amide bonds. The van der Waals surface area contributed by atoms with Gasteiger partial charge in [-0.3, -0.25) is 19.2 Å². The van der Waals surface area contributed by atoms with Gasteiger partial charge in [0.25, 0.3) is 0 Å². The highest BCUT2D eigenvalue weighted by Crippen LogP contribution is 2.50. The number of benzene rings is 3. The van der Waals surface area contributed by atoms with Crippen LogP contribution in [0.25, 0.3) is 0 Å². The third-order valence-electron chi connectivity index (χ3n) is 14.0. The van der Waals surface area contributed by atoms with Crippen molar-refractivity contribution >= 4 is 23.6 Å². The molecule has 0 aromatic heterocycles. The van der Waals surface area contributed by atoms with E-state index in [0.717, 1.165) is 30.4 Å². The smallest absolute Gasteiger partial charge is 0.243 e. The molecule has 4 aliphatic rings. The van der Waals surface area contributed by atoms with Crippen molar-refractivity contribution in [2.75, 3.05) is 13.1 Å². The highest BCUT2D eigenvalue weighted by molar-refractivity contribution is 5.92. The van der Waals surface area contributed by atoms with Crippen LogP contribution in [-0.4, -0.2) is 64.6 Å². The standard InChI is InChI=1S/C53H72N4O4/c1-31(2)23-46-48(58)55-45(30-57(46)51(61)43-28-41(43)36-17-21-39(22-18-36)53(9,10)11)37-14-12-13-34(26-37)24-33(5)25-47-49(59)54-44(32(3)4)29-56(47)50(60)42-27-40(42)35-15-19-38(20-16-35)52(6,7)8/h12-22,26,31-33,40-47H,23-25,27-30H2,1-11H3,(H,54,59)(H,55,58)/t33?,40-,41-,42+,43+,44+,45+,46-,47-/m0/s1. The molecule has 2 aliphatic heterocycles. The summed E-state index contributed by atoms with van der Waals surface area (Å²) < 4.78 is 0. The van der Waals surface area contributed by atoms with E-state index < -0.39 is 12.1 Å². The minimum atomic E-state index is -0.525. The lowest BCUT2D eigenvalue weighted by molar-refractivity contribution is -0.147. The van der Waals surface area contributed by atoms with Crippen LogP contribution in [0.1, 0.15) is 153 Å². The molecule has 0 bridgehead atoms. The SMILES string of the molecule is CC(C)C[C@H]1C(=O)N[C@@H](c2cccc(CC(C)C[C@H]3C(=O)N[C@@H](C(C)C)CN3C(=O)[C@@H]3C[C@H]3c3ccc(C(C)(C)C)cc3)c2)CN1C(=O)[C@@H]1C[C@H]1c1ccc(C(C)(C)C)cc1. The van der Waals surface area contributed by atoms with Crippen molar-refractivity contribution in [3.8, 4) is 0 Å². The Morgan fingerprint density at radius 3 is 1.62 bits per heavy atom. The zero-order chi connectivity index (χ0) is 44.1. The first-order chi connectivity index (χ1) is 28.7. The summed E-state index contributed by atoms with van der Waals surface area (Å²) in [7, 11) is 0. The average Bonchev–Trinajstić information content (AvgIpc) is 4.13. The summed E-state index contributed by atoms with van der Waals surface area (Å²) in [4.78, 5) is 60.1. The number of amides is 4. The molecule has 2 N–H and O–H groups in total. The molecule has 2 aliphatic carbocycles. The van der Waals surface area contributed by atoms with Gasteiger partial charge in [-0.1, -0.05) is 149 Å².